The Kier molecular flexibility index (Phi) is 4.07. The molecule has 0 unspecified atom stereocenters. The molecule has 8 heteroatoms. The van der Waals surface area contributed by atoms with Gasteiger partial charge in [-0.3, -0.25) is 10.1 Å². The number of nitro groups is 1. The number of rotatable bonds is 3. The van der Waals surface area contributed by atoms with E-state index in [9.17, 15) is 15.4 Å². The van der Waals surface area contributed by atoms with Crippen LogP contribution >= 0.6 is 0 Å². The van der Waals surface area contributed by atoms with Crippen molar-refractivity contribution in [3.63, 3.8) is 0 Å². The fourth-order valence-electron chi connectivity index (χ4n) is 3.09. The van der Waals surface area contributed by atoms with Gasteiger partial charge in [-0.05, 0) is 0 Å². The van der Waals surface area contributed by atoms with Crippen LogP contribution in [-0.2, 0) is 9.47 Å². The van der Waals surface area contributed by atoms with E-state index in [1.165, 1.54) is 13.2 Å². The molecule has 2 aliphatic heterocycles. The van der Waals surface area contributed by atoms with Gasteiger partial charge in [-0.2, -0.15) is 5.26 Å². The van der Waals surface area contributed by atoms with Crippen LogP contribution in [0.4, 0.5) is 11.4 Å². The number of benzene rings is 1. The quantitative estimate of drug-likeness (QED) is 0.619. The maximum atomic E-state index is 11.1. The summed E-state index contributed by atoms with van der Waals surface area (Å²) in [5, 5.41) is 20.4. The van der Waals surface area contributed by atoms with Crippen LogP contribution in [0.1, 0.15) is 18.4 Å². The molecule has 3 rings (SSSR count). The first-order valence-electron chi connectivity index (χ1n) is 7.38. The summed E-state index contributed by atoms with van der Waals surface area (Å²) in [6, 6.07) is 4.86. The average molecular weight is 319 g/mol. The molecule has 1 aromatic carbocycles. The minimum atomic E-state index is -0.547. The standard InChI is InChI=1S/C15H17N3O5/c1-21-14-9-12(11(10-16)8-13(14)18(19)20)17-4-2-15(3-5-17)22-6-7-23-15/h8-9H,2-7H2,1H3. The van der Waals surface area contributed by atoms with E-state index in [2.05, 4.69) is 0 Å². The fourth-order valence-corrected chi connectivity index (χ4v) is 3.09. The van der Waals surface area contributed by atoms with Crippen LogP contribution in [0.5, 0.6) is 5.75 Å². The van der Waals surface area contributed by atoms with E-state index in [1.54, 1.807) is 6.07 Å². The van der Waals surface area contributed by atoms with E-state index in [0.29, 0.717) is 44.8 Å². The van der Waals surface area contributed by atoms with Crippen LogP contribution < -0.4 is 9.64 Å². The molecule has 0 bridgehead atoms. The monoisotopic (exact) mass is 319 g/mol. The zero-order valence-electron chi connectivity index (χ0n) is 12.8. The third-order valence-electron chi connectivity index (χ3n) is 4.29. The number of methoxy groups -OCH3 is 1. The molecule has 1 spiro atoms. The van der Waals surface area contributed by atoms with E-state index in [0.717, 1.165) is 0 Å². The van der Waals surface area contributed by atoms with Crippen molar-refractivity contribution in [1.82, 2.24) is 0 Å². The van der Waals surface area contributed by atoms with Crippen molar-refractivity contribution in [2.75, 3.05) is 38.3 Å². The highest BCUT2D eigenvalue weighted by Gasteiger charge is 2.40. The van der Waals surface area contributed by atoms with Gasteiger partial charge in [0.15, 0.2) is 11.5 Å². The molecule has 122 valence electrons. The number of nitro benzene ring substituents is 1. The first-order valence-corrected chi connectivity index (χ1v) is 7.38. The van der Waals surface area contributed by atoms with Gasteiger partial charge in [0.05, 0.1) is 36.5 Å². The summed E-state index contributed by atoms with van der Waals surface area (Å²) in [6.45, 7) is 2.51. The Labute approximate surface area is 133 Å². The Balaban J connectivity index is 1.88. The van der Waals surface area contributed by atoms with Gasteiger partial charge in [0, 0.05) is 38.1 Å². The molecule has 0 saturated carbocycles. The number of anilines is 1. The third-order valence-corrected chi connectivity index (χ3v) is 4.29. The highest BCUT2D eigenvalue weighted by molar-refractivity contribution is 5.68. The number of nitrogens with zero attached hydrogens (tertiary/aromatic N) is 3. The van der Waals surface area contributed by atoms with Gasteiger partial charge in [-0.1, -0.05) is 0 Å². The molecular weight excluding hydrogens is 302 g/mol. The van der Waals surface area contributed by atoms with Crippen LogP contribution in [-0.4, -0.2) is 44.1 Å². The molecular formula is C15H17N3O5. The van der Waals surface area contributed by atoms with E-state index in [4.69, 9.17) is 14.2 Å². The summed E-state index contributed by atoms with van der Waals surface area (Å²) in [6.07, 6.45) is 1.38. The van der Waals surface area contributed by atoms with Crippen molar-refractivity contribution in [3.8, 4) is 11.8 Å². The van der Waals surface area contributed by atoms with Crippen LogP contribution in [0.15, 0.2) is 12.1 Å². The van der Waals surface area contributed by atoms with E-state index >= 15 is 0 Å². The van der Waals surface area contributed by atoms with Crippen molar-refractivity contribution in [1.29, 1.82) is 5.26 Å². The van der Waals surface area contributed by atoms with Gasteiger partial charge >= 0.3 is 5.69 Å². The minimum absolute atomic E-state index is 0.151. The second-order valence-corrected chi connectivity index (χ2v) is 5.50. The maximum absolute atomic E-state index is 11.1. The Bertz CT molecular complexity index is 654. The van der Waals surface area contributed by atoms with Gasteiger partial charge in [0.2, 0.25) is 0 Å². The number of hydrogen-bond donors (Lipinski definition) is 0. The van der Waals surface area contributed by atoms with Gasteiger partial charge in [0.25, 0.3) is 0 Å². The van der Waals surface area contributed by atoms with Gasteiger partial charge in [-0.15, -0.1) is 0 Å². The predicted octanol–water partition coefficient (Wildman–Crippen LogP) is 1.82. The lowest BCUT2D eigenvalue weighted by Crippen LogP contribution is -2.45. The molecule has 0 aromatic heterocycles. The van der Waals surface area contributed by atoms with Crippen molar-refractivity contribution in [2.24, 2.45) is 0 Å². The molecule has 8 nitrogen and oxygen atoms in total. The highest BCUT2D eigenvalue weighted by atomic mass is 16.7. The summed E-state index contributed by atoms with van der Waals surface area (Å²) in [4.78, 5) is 12.5. The molecule has 2 fully saturated rings. The number of hydrogen-bond acceptors (Lipinski definition) is 7. The van der Waals surface area contributed by atoms with Crippen molar-refractivity contribution < 1.29 is 19.1 Å². The van der Waals surface area contributed by atoms with E-state index < -0.39 is 10.7 Å². The first-order chi connectivity index (χ1) is 11.1. The summed E-state index contributed by atoms with van der Waals surface area (Å²) >= 11 is 0. The number of piperidine rings is 1. The molecule has 23 heavy (non-hydrogen) atoms. The highest BCUT2D eigenvalue weighted by Crippen LogP contribution is 2.38. The Hall–Kier alpha value is -2.37. The first kappa shape index (κ1) is 15.5. The Morgan fingerprint density at radius 1 is 1.35 bits per heavy atom. The van der Waals surface area contributed by atoms with Gasteiger partial charge in [0.1, 0.15) is 6.07 Å². The second kappa shape index (κ2) is 6.02. The molecule has 2 heterocycles. The SMILES string of the molecule is COc1cc(N2CCC3(CC2)OCCO3)c(C#N)cc1[N+](=O)[O-]. The lowest BCUT2D eigenvalue weighted by atomic mass is 10.0. The topological polar surface area (TPSA) is 97.9 Å². The lowest BCUT2D eigenvalue weighted by Gasteiger charge is -2.39. The molecule has 1 aromatic rings. The predicted molar refractivity (Wildman–Crippen MR) is 80.4 cm³/mol. The zero-order chi connectivity index (χ0) is 16.4. The molecule has 0 N–H and O–H groups in total. The molecule has 0 amide bonds. The molecule has 0 atom stereocenters. The summed E-state index contributed by atoms with van der Waals surface area (Å²) in [5.74, 6) is -0.355. The average Bonchev–Trinajstić information content (AvgIpc) is 3.02. The van der Waals surface area contributed by atoms with E-state index in [-0.39, 0.29) is 17.0 Å². The second-order valence-electron chi connectivity index (χ2n) is 5.50. The van der Waals surface area contributed by atoms with Crippen LogP contribution in [0, 0.1) is 21.4 Å². The summed E-state index contributed by atoms with van der Waals surface area (Å²) in [7, 11) is 1.38. The Morgan fingerprint density at radius 2 is 2.00 bits per heavy atom. The molecule has 2 aliphatic rings. The largest absolute Gasteiger partial charge is 0.490 e. The summed E-state index contributed by atoms with van der Waals surface area (Å²) in [5.41, 5.74) is 0.702. The molecule has 2 saturated heterocycles. The van der Waals surface area contributed by atoms with Gasteiger partial charge < -0.3 is 19.1 Å². The normalized spacial score (nSPS) is 19.6. The van der Waals surface area contributed by atoms with Crippen LogP contribution in [0.2, 0.25) is 0 Å². The van der Waals surface area contributed by atoms with E-state index in [1.807, 2.05) is 11.0 Å². The maximum Gasteiger partial charge on any atom is 0.312 e. The smallest absolute Gasteiger partial charge is 0.312 e. The zero-order valence-corrected chi connectivity index (χ0v) is 12.8. The van der Waals surface area contributed by atoms with Gasteiger partial charge in [-0.25, -0.2) is 0 Å². The fraction of sp³-hybridized carbons (Fsp3) is 0.533. The number of ether oxygens (including phenoxy) is 3. The van der Waals surface area contributed by atoms with Crippen molar-refractivity contribution >= 4 is 11.4 Å². The molecule has 0 aliphatic carbocycles. The lowest BCUT2D eigenvalue weighted by molar-refractivity contribution is -0.385. The van der Waals surface area contributed by atoms with Crippen LogP contribution in [0.3, 0.4) is 0 Å². The Morgan fingerprint density at radius 3 is 2.52 bits per heavy atom. The van der Waals surface area contributed by atoms with Crippen molar-refractivity contribution in [2.45, 2.75) is 18.6 Å². The van der Waals surface area contributed by atoms with Crippen molar-refractivity contribution in [3.05, 3.63) is 27.8 Å². The summed E-state index contributed by atoms with van der Waals surface area (Å²) < 4.78 is 16.5. The minimum Gasteiger partial charge on any atom is -0.490 e. The molecule has 0 radical (unpaired) electrons. The third kappa shape index (κ3) is 2.81. The number of nitriles is 1. The van der Waals surface area contributed by atoms with Crippen LogP contribution in [0.25, 0.3) is 0 Å².